The molecule has 1 aromatic heterocycles. The molecule has 0 aliphatic carbocycles. The Morgan fingerprint density at radius 2 is 2.11 bits per heavy atom. The van der Waals surface area contributed by atoms with Gasteiger partial charge >= 0.3 is 0 Å². The molecule has 0 radical (unpaired) electrons. The van der Waals surface area contributed by atoms with E-state index in [1.165, 1.54) is 17.9 Å². The molecule has 2 aromatic rings. The van der Waals surface area contributed by atoms with Gasteiger partial charge in [0.2, 0.25) is 0 Å². The van der Waals surface area contributed by atoms with Crippen LogP contribution in [0.25, 0.3) is 5.69 Å². The lowest BCUT2D eigenvalue weighted by Crippen LogP contribution is -2.24. The van der Waals surface area contributed by atoms with Crippen LogP contribution in [0.5, 0.6) is 0 Å². The number of rotatable bonds is 4. The van der Waals surface area contributed by atoms with E-state index in [4.69, 9.17) is 0 Å². The van der Waals surface area contributed by atoms with E-state index >= 15 is 0 Å². The highest BCUT2D eigenvalue weighted by Crippen LogP contribution is 2.20. The van der Waals surface area contributed by atoms with E-state index in [0.717, 1.165) is 11.3 Å². The summed E-state index contributed by atoms with van der Waals surface area (Å²) in [6, 6.07) is 4.49. The highest BCUT2D eigenvalue weighted by Gasteiger charge is 2.15. The smallest absolute Gasteiger partial charge is 0.258 e. The maximum atomic E-state index is 12.5. The first-order chi connectivity index (χ1) is 8.58. The maximum Gasteiger partial charge on any atom is 0.258 e. The average molecular weight is 253 g/mol. The van der Waals surface area contributed by atoms with E-state index in [-0.39, 0.29) is 0 Å². The second-order valence-corrected chi connectivity index (χ2v) is 4.02. The van der Waals surface area contributed by atoms with Crippen molar-refractivity contribution in [1.82, 2.24) is 20.2 Å². The van der Waals surface area contributed by atoms with E-state index in [0.29, 0.717) is 5.69 Å². The zero-order chi connectivity index (χ0) is 13.1. The number of nitrogens with zero attached hydrogens (tertiary/aromatic N) is 4. The lowest BCUT2D eigenvalue weighted by Gasteiger charge is -2.16. The molecular formula is C11H13F2N5. The Morgan fingerprint density at radius 1 is 1.33 bits per heavy atom. The summed E-state index contributed by atoms with van der Waals surface area (Å²) in [6.07, 6.45) is -0.966. The van der Waals surface area contributed by atoms with Gasteiger partial charge in [-0.15, -0.1) is 5.10 Å². The molecule has 1 unspecified atom stereocenters. The molecule has 0 aliphatic heterocycles. The monoisotopic (exact) mass is 253 g/mol. The standard InChI is InChI=1S/C11H13F2N5/c1-7-3-4-9(18-6-14-16-17-18)5-10(7)15-8(2)11(12)13/h3-6,8,11,15H,1-2H3. The Hall–Kier alpha value is -2.05. The van der Waals surface area contributed by atoms with Gasteiger partial charge in [-0.2, -0.15) is 0 Å². The first-order valence-corrected chi connectivity index (χ1v) is 5.46. The van der Waals surface area contributed by atoms with Crippen molar-refractivity contribution in [3.05, 3.63) is 30.1 Å². The number of aromatic nitrogens is 4. The molecule has 0 bridgehead atoms. The van der Waals surface area contributed by atoms with Gasteiger partial charge in [0.25, 0.3) is 6.43 Å². The Kier molecular flexibility index (Phi) is 3.50. The van der Waals surface area contributed by atoms with Crippen molar-refractivity contribution in [2.24, 2.45) is 0 Å². The van der Waals surface area contributed by atoms with Crippen LogP contribution in [0.3, 0.4) is 0 Å². The van der Waals surface area contributed by atoms with Crippen molar-refractivity contribution in [3.63, 3.8) is 0 Å². The molecule has 7 heteroatoms. The van der Waals surface area contributed by atoms with Gasteiger partial charge in [-0.3, -0.25) is 0 Å². The van der Waals surface area contributed by atoms with Crippen LogP contribution in [-0.2, 0) is 0 Å². The predicted octanol–water partition coefficient (Wildman–Crippen LogP) is 2.04. The van der Waals surface area contributed by atoms with Gasteiger partial charge in [0.1, 0.15) is 6.33 Å². The Morgan fingerprint density at radius 3 is 2.72 bits per heavy atom. The molecule has 0 spiro atoms. The molecule has 1 aromatic carbocycles. The fourth-order valence-corrected chi connectivity index (χ4v) is 1.50. The molecule has 1 heterocycles. The number of nitrogens with one attached hydrogen (secondary N) is 1. The van der Waals surface area contributed by atoms with Gasteiger partial charge in [-0.05, 0) is 42.0 Å². The lowest BCUT2D eigenvalue weighted by atomic mass is 10.1. The minimum Gasteiger partial charge on any atom is -0.377 e. The average Bonchev–Trinajstić information content (AvgIpc) is 2.85. The maximum absolute atomic E-state index is 12.5. The first kappa shape index (κ1) is 12.4. The largest absolute Gasteiger partial charge is 0.377 e. The van der Waals surface area contributed by atoms with Crippen LogP contribution in [0.2, 0.25) is 0 Å². The Labute approximate surface area is 103 Å². The van der Waals surface area contributed by atoms with E-state index in [1.54, 1.807) is 6.07 Å². The zero-order valence-electron chi connectivity index (χ0n) is 10.0. The van der Waals surface area contributed by atoms with Gasteiger partial charge in [0.05, 0.1) is 11.7 Å². The molecule has 18 heavy (non-hydrogen) atoms. The Balaban J connectivity index is 2.27. The van der Waals surface area contributed by atoms with Crippen LogP contribution in [-0.4, -0.2) is 32.7 Å². The molecule has 1 N–H and O–H groups in total. The van der Waals surface area contributed by atoms with E-state index in [1.807, 2.05) is 19.1 Å². The third-order valence-corrected chi connectivity index (χ3v) is 2.60. The molecule has 2 rings (SSSR count). The fraction of sp³-hybridized carbons (Fsp3) is 0.364. The van der Waals surface area contributed by atoms with E-state index in [2.05, 4.69) is 20.8 Å². The molecule has 0 amide bonds. The number of hydrogen-bond donors (Lipinski definition) is 1. The van der Waals surface area contributed by atoms with Crippen molar-refractivity contribution < 1.29 is 8.78 Å². The highest BCUT2D eigenvalue weighted by molar-refractivity contribution is 5.57. The second-order valence-electron chi connectivity index (χ2n) is 4.02. The summed E-state index contributed by atoms with van der Waals surface area (Å²) in [5, 5.41) is 13.6. The van der Waals surface area contributed by atoms with Crippen molar-refractivity contribution in [3.8, 4) is 5.69 Å². The summed E-state index contributed by atoms with van der Waals surface area (Å²) < 4.78 is 26.5. The van der Waals surface area contributed by atoms with Crippen LogP contribution in [0.4, 0.5) is 14.5 Å². The third-order valence-electron chi connectivity index (χ3n) is 2.60. The number of benzene rings is 1. The summed E-state index contributed by atoms with van der Waals surface area (Å²) in [5.41, 5.74) is 2.25. The highest BCUT2D eigenvalue weighted by atomic mass is 19.3. The van der Waals surface area contributed by atoms with Crippen molar-refractivity contribution in [2.45, 2.75) is 26.3 Å². The SMILES string of the molecule is Cc1ccc(-n2cnnn2)cc1NC(C)C(F)F. The number of hydrogen-bond acceptors (Lipinski definition) is 4. The molecule has 0 saturated heterocycles. The normalized spacial score (nSPS) is 12.7. The quantitative estimate of drug-likeness (QED) is 0.905. The van der Waals surface area contributed by atoms with Gasteiger partial charge in [0.15, 0.2) is 0 Å². The van der Waals surface area contributed by atoms with Gasteiger partial charge in [-0.1, -0.05) is 6.07 Å². The molecule has 5 nitrogen and oxygen atoms in total. The van der Waals surface area contributed by atoms with Crippen LogP contribution in [0.1, 0.15) is 12.5 Å². The molecule has 0 saturated carbocycles. The van der Waals surface area contributed by atoms with Gasteiger partial charge < -0.3 is 5.32 Å². The van der Waals surface area contributed by atoms with Crippen LogP contribution < -0.4 is 5.32 Å². The van der Waals surface area contributed by atoms with Crippen molar-refractivity contribution in [2.75, 3.05) is 5.32 Å². The molecular weight excluding hydrogens is 240 g/mol. The van der Waals surface area contributed by atoms with E-state index < -0.39 is 12.5 Å². The Bertz CT molecular complexity index is 512. The summed E-state index contributed by atoms with van der Waals surface area (Å²) in [5.74, 6) is 0. The predicted molar refractivity (Wildman–Crippen MR) is 63.0 cm³/mol. The van der Waals surface area contributed by atoms with Crippen LogP contribution in [0, 0.1) is 6.92 Å². The third kappa shape index (κ3) is 2.61. The topological polar surface area (TPSA) is 55.6 Å². The number of aryl methyl sites for hydroxylation is 1. The summed E-state index contributed by atoms with van der Waals surface area (Å²) >= 11 is 0. The lowest BCUT2D eigenvalue weighted by molar-refractivity contribution is 0.130. The second kappa shape index (κ2) is 5.07. The summed E-state index contributed by atoms with van der Waals surface area (Å²) in [4.78, 5) is 0. The summed E-state index contributed by atoms with van der Waals surface area (Å²) in [7, 11) is 0. The number of halogens is 2. The number of alkyl halides is 2. The fourth-order valence-electron chi connectivity index (χ4n) is 1.50. The van der Waals surface area contributed by atoms with E-state index in [9.17, 15) is 8.78 Å². The minimum absolute atomic E-state index is 0.649. The zero-order valence-corrected chi connectivity index (χ0v) is 10.0. The number of tetrazole rings is 1. The molecule has 0 aliphatic rings. The van der Waals surface area contributed by atoms with Crippen molar-refractivity contribution >= 4 is 5.69 Å². The molecule has 1 atom stereocenters. The molecule has 96 valence electrons. The van der Waals surface area contributed by atoms with Crippen LogP contribution in [0.15, 0.2) is 24.5 Å². The van der Waals surface area contributed by atoms with Crippen molar-refractivity contribution in [1.29, 1.82) is 0 Å². The number of anilines is 1. The summed E-state index contributed by atoms with van der Waals surface area (Å²) in [6.45, 7) is 3.29. The first-order valence-electron chi connectivity index (χ1n) is 5.46. The van der Waals surface area contributed by atoms with Gasteiger partial charge in [-0.25, -0.2) is 13.5 Å². The minimum atomic E-state index is -2.42. The van der Waals surface area contributed by atoms with Gasteiger partial charge in [0, 0.05) is 5.69 Å². The molecule has 0 fully saturated rings. The van der Waals surface area contributed by atoms with Crippen LogP contribution >= 0.6 is 0 Å².